The highest BCUT2D eigenvalue weighted by Gasteiger charge is 2.42. The van der Waals surface area contributed by atoms with Gasteiger partial charge in [0.1, 0.15) is 5.82 Å². The van der Waals surface area contributed by atoms with Crippen LogP contribution < -0.4 is 5.32 Å². The van der Waals surface area contributed by atoms with E-state index in [9.17, 15) is 4.79 Å². The Bertz CT molecular complexity index is 573. The van der Waals surface area contributed by atoms with Gasteiger partial charge in [0.25, 0.3) is 0 Å². The van der Waals surface area contributed by atoms with Crippen LogP contribution in [-0.4, -0.2) is 47.0 Å². The number of aromatic nitrogens is 2. The normalized spacial score (nSPS) is 28.3. The lowest BCUT2D eigenvalue weighted by atomic mass is 9.83. The SMILES string of the molecule is Cn1nc(C2CCC2)cc1NC(=O)N1CC[C@]2(CCOC2)C1. The van der Waals surface area contributed by atoms with Gasteiger partial charge < -0.3 is 9.64 Å². The van der Waals surface area contributed by atoms with Crippen molar-refractivity contribution < 1.29 is 9.53 Å². The van der Waals surface area contributed by atoms with Crippen molar-refractivity contribution in [3.8, 4) is 0 Å². The Kier molecular flexibility index (Phi) is 3.36. The average molecular weight is 304 g/mol. The zero-order valence-corrected chi connectivity index (χ0v) is 13.2. The molecule has 6 heteroatoms. The number of ether oxygens (including phenoxy) is 1. The fraction of sp³-hybridized carbons (Fsp3) is 0.750. The van der Waals surface area contributed by atoms with Gasteiger partial charge in [0.2, 0.25) is 0 Å². The number of nitrogens with zero attached hydrogens (tertiary/aromatic N) is 3. The highest BCUT2D eigenvalue weighted by molar-refractivity contribution is 5.88. The van der Waals surface area contributed by atoms with Crippen LogP contribution in [0.4, 0.5) is 10.6 Å². The number of carbonyl (C=O) groups is 1. The summed E-state index contributed by atoms with van der Waals surface area (Å²) in [7, 11) is 1.90. The molecule has 22 heavy (non-hydrogen) atoms. The van der Waals surface area contributed by atoms with Crippen molar-refractivity contribution in [2.75, 3.05) is 31.6 Å². The largest absolute Gasteiger partial charge is 0.381 e. The zero-order valence-electron chi connectivity index (χ0n) is 13.2. The van der Waals surface area contributed by atoms with Crippen molar-refractivity contribution in [1.29, 1.82) is 0 Å². The summed E-state index contributed by atoms with van der Waals surface area (Å²) in [5, 5.41) is 7.58. The molecule has 3 heterocycles. The Morgan fingerprint density at radius 2 is 2.32 bits per heavy atom. The lowest BCUT2D eigenvalue weighted by Gasteiger charge is -2.22. The van der Waals surface area contributed by atoms with Gasteiger partial charge in [-0.3, -0.25) is 10.00 Å². The Labute approximate surface area is 130 Å². The maximum absolute atomic E-state index is 12.5. The minimum Gasteiger partial charge on any atom is -0.381 e. The molecule has 2 aliphatic heterocycles. The van der Waals surface area contributed by atoms with E-state index < -0.39 is 0 Å². The highest BCUT2D eigenvalue weighted by Crippen LogP contribution is 2.39. The number of likely N-dealkylation sites (tertiary alicyclic amines) is 1. The minimum atomic E-state index is -0.00747. The van der Waals surface area contributed by atoms with Crippen molar-refractivity contribution in [2.45, 2.75) is 38.0 Å². The molecule has 1 N–H and O–H groups in total. The first-order chi connectivity index (χ1) is 10.7. The minimum absolute atomic E-state index is 0.00747. The first-order valence-electron chi connectivity index (χ1n) is 8.33. The molecule has 2 saturated heterocycles. The molecule has 1 aliphatic carbocycles. The molecule has 1 atom stereocenters. The van der Waals surface area contributed by atoms with Gasteiger partial charge in [-0.05, 0) is 25.7 Å². The number of hydrogen-bond donors (Lipinski definition) is 1. The third kappa shape index (κ3) is 2.39. The van der Waals surface area contributed by atoms with E-state index in [4.69, 9.17) is 4.74 Å². The second-order valence-corrected chi connectivity index (χ2v) is 7.11. The zero-order chi connectivity index (χ0) is 15.2. The maximum atomic E-state index is 12.5. The summed E-state index contributed by atoms with van der Waals surface area (Å²) < 4.78 is 7.31. The fourth-order valence-electron chi connectivity index (χ4n) is 3.78. The highest BCUT2D eigenvalue weighted by atomic mass is 16.5. The molecular formula is C16H24N4O2. The Balaban J connectivity index is 1.40. The molecule has 0 aromatic carbocycles. The molecule has 120 valence electrons. The Hall–Kier alpha value is -1.56. The number of rotatable bonds is 2. The predicted molar refractivity (Wildman–Crippen MR) is 82.9 cm³/mol. The van der Waals surface area contributed by atoms with Crippen LogP contribution in [0.3, 0.4) is 0 Å². The van der Waals surface area contributed by atoms with E-state index in [0.717, 1.165) is 50.7 Å². The summed E-state index contributed by atoms with van der Waals surface area (Å²) in [6.45, 7) is 3.27. The van der Waals surface area contributed by atoms with Gasteiger partial charge in [0, 0.05) is 44.1 Å². The van der Waals surface area contributed by atoms with Crippen molar-refractivity contribution in [1.82, 2.24) is 14.7 Å². The summed E-state index contributed by atoms with van der Waals surface area (Å²) in [6, 6.07) is 2.03. The van der Waals surface area contributed by atoms with Crippen LogP contribution in [0.2, 0.25) is 0 Å². The summed E-state index contributed by atoms with van der Waals surface area (Å²) in [4.78, 5) is 14.4. The van der Waals surface area contributed by atoms with Gasteiger partial charge in [-0.2, -0.15) is 5.10 Å². The smallest absolute Gasteiger partial charge is 0.323 e. The topological polar surface area (TPSA) is 59.4 Å². The number of hydrogen-bond acceptors (Lipinski definition) is 3. The van der Waals surface area contributed by atoms with Crippen molar-refractivity contribution in [3.63, 3.8) is 0 Å². The quantitative estimate of drug-likeness (QED) is 0.912. The molecule has 1 spiro atoms. The number of aryl methyl sites for hydroxylation is 1. The van der Waals surface area contributed by atoms with Crippen LogP contribution in [0.25, 0.3) is 0 Å². The fourth-order valence-corrected chi connectivity index (χ4v) is 3.78. The number of nitrogens with one attached hydrogen (secondary N) is 1. The monoisotopic (exact) mass is 304 g/mol. The van der Waals surface area contributed by atoms with E-state index in [1.54, 1.807) is 4.68 Å². The molecule has 2 amide bonds. The predicted octanol–water partition coefficient (Wildman–Crippen LogP) is 2.33. The van der Waals surface area contributed by atoms with E-state index in [-0.39, 0.29) is 11.4 Å². The molecule has 3 fully saturated rings. The summed E-state index contributed by atoms with van der Waals surface area (Å²) in [5.74, 6) is 1.39. The molecule has 1 aromatic rings. The average Bonchev–Trinajstić information content (AvgIpc) is 3.13. The lowest BCUT2D eigenvalue weighted by molar-refractivity contribution is 0.154. The molecule has 3 aliphatic rings. The molecule has 0 unspecified atom stereocenters. The van der Waals surface area contributed by atoms with Crippen LogP contribution in [0.15, 0.2) is 6.07 Å². The molecule has 1 saturated carbocycles. The number of anilines is 1. The van der Waals surface area contributed by atoms with Crippen molar-refractivity contribution in [3.05, 3.63) is 11.8 Å². The van der Waals surface area contributed by atoms with Gasteiger partial charge in [0.05, 0.1) is 12.3 Å². The molecule has 1 aromatic heterocycles. The van der Waals surface area contributed by atoms with Gasteiger partial charge >= 0.3 is 6.03 Å². The van der Waals surface area contributed by atoms with Crippen LogP contribution in [0.1, 0.15) is 43.7 Å². The van der Waals surface area contributed by atoms with Crippen LogP contribution in [0, 0.1) is 5.41 Å². The second-order valence-electron chi connectivity index (χ2n) is 7.11. The molecule has 6 nitrogen and oxygen atoms in total. The van der Waals surface area contributed by atoms with E-state index >= 15 is 0 Å². The Morgan fingerprint density at radius 1 is 1.45 bits per heavy atom. The van der Waals surface area contributed by atoms with Crippen LogP contribution in [-0.2, 0) is 11.8 Å². The van der Waals surface area contributed by atoms with E-state index in [1.807, 2.05) is 18.0 Å². The number of urea groups is 1. The first-order valence-corrected chi connectivity index (χ1v) is 8.33. The van der Waals surface area contributed by atoms with Gasteiger partial charge in [-0.25, -0.2) is 4.79 Å². The molecule has 0 radical (unpaired) electrons. The molecule has 4 rings (SSSR count). The molecule has 0 bridgehead atoms. The van der Waals surface area contributed by atoms with Crippen molar-refractivity contribution >= 4 is 11.8 Å². The summed E-state index contributed by atoms with van der Waals surface area (Å²) in [5.41, 5.74) is 1.33. The van der Waals surface area contributed by atoms with E-state index in [2.05, 4.69) is 10.4 Å². The van der Waals surface area contributed by atoms with E-state index in [0.29, 0.717) is 5.92 Å². The summed E-state index contributed by atoms with van der Waals surface area (Å²) in [6.07, 6.45) is 5.87. The number of carbonyl (C=O) groups excluding carboxylic acids is 1. The van der Waals surface area contributed by atoms with Crippen LogP contribution >= 0.6 is 0 Å². The van der Waals surface area contributed by atoms with Crippen molar-refractivity contribution in [2.24, 2.45) is 12.5 Å². The third-order valence-corrected chi connectivity index (χ3v) is 5.57. The first kappa shape index (κ1) is 14.1. The Morgan fingerprint density at radius 3 is 3.00 bits per heavy atom. The number of amides is 2. The standard InChI is InChI=1S/C16H24N4O2/c1-19-14(9-13(18-19)12-3-2-4-12)17-15(21)20-7-5-16(10-20)6-8-22-11-16/h9,12H,2-8,10-11H2,1H3,(H,17,21)/t16-/m0/s1. The third-order valence-electron chi connectivity index (χ3n) is 5.57. The van der Waals surface area contributed by atoms with Crippen LogP contribution in [0.5, 0.6) is 0 Å². The van der Waals surface area contributed by atoms with Gasteiger partial charge in [0.15, 0.2) is 0 Å². The summed E-state index contributed by atoms with van der Waals surface area (Å²) >= 11 is 0. The van der Waals surface area contributed by atoms with E-state index in [1.165, 1.54) is 19.3 Å². The lowest BCUT2D eigenvalue weighted by Crippen LogP contribution is -2.36. The second kappa shape index (κ2) is 5.26. The van der Waals surface area contributed by atoms with Gasteiger partial charge in [-0.15, -0.1) is 0 Å². The maximum Gasteiger partial charge on any atom is 0.323 e. The van der Waals surface area contributed by atoms with Gasteiger partial charge in [-0.1, -0.05) is 6.42 Å². The molecular weight excluding hydrogens is 280 g/mol.